The molecule has 3 nitrogen and oxygen atoms in total. The highest BCUT2D eigenvalue weighted by molar-refractivity contribution is 5.85. The van der Waals surface area contributed by atoms with Gasteiger partial charge in [0.25, 0.3) is 0 Å². The predicted octanol–water partition coefficient (Wildman–Crippen LogP) is 1.36. The Morgan fingerprint density at radius 3 is 2.42 bits per heavy atom. The maximum atomic E-state index is 10.4. The summed E-state index contributed by atoms with van der Waals surface area (Å²) < 4.78 is 0. The molecule has 12 heavy (non-hydrogen) atoms. The summed E-state index contributed by atoms with van der Waals surface area (Å²) in [4.78, 5) is 12.5. The molecule has 0 aliphatic rings. The molecule has 0 fully saturated rings. The van der Waals surface area contributed by atoms with Crippen LogP contribution in [0.3, 0.4) is 0 Å². The van der Waals surface area contributed by atoms with E-state index in [0.29, 0.717) is 11.6 Å². The Labute approximate surface area is 73.7 Å². The van der Waals surface area contributed by atoms with E-state index in [2.05, 4.69) is 11.8 Å². The van der Waals surface area contributed by atoms with E-state index >= 15 is 0 Å². The van der Waals surface area contributed by atoms with E-state index in [-0.39, 0.29) is 0 Å². The number of carboxylic acid groups (broad SMARTS) is 1. The molecule has 70 valence electrons. The van der Waals surface area contributed by atoms with Crippen LogP contribution in [-0.2, 0) is 4.79 Å². The van der Waals surface area contributed by atoms with E-state index in [4.69, 9.17) is 5.11 Å². The van der Waals surface area contributed by atoms with Crippen LogP contribution in [0.15, 0.2) is 11.6 Å². The first-order valence-corrected chi connectivity index (χ1v) is 4.01. The topological polar surface area (TPSA) is 40.5 Å². The molecule has 0 aliphatic heterocycles. The summed E-state index contributed by atoms with van der Waals surface area (Å²) in [6.45, 7) is 3.68. The minimum Gasteiger partial charge on any atom is -0.478 e. The lowest BCUT2D eigenvalue weighted by molar-refractivity contribution is -0.132. The van der Waals surface area contributed by atoms with Gasteiger partial charge in [-0.25, -0.2) is 4.79 Å². The Bertz CT molecular complexity index is 185. The number of aliphatic carboxylic acids is 1. The molecule has 0 rings (SSSR count). The molecular weight excluding hydrogens is 154 g/mol. The van der Waals surface area contributed by atoms with E-state index in [1.54, 1.807) is 13.0 Å². The lowest BCUT2D eigenvalue weighted by Crippen LogP contribution is -2.23. The van der Waals surface area contributed by atoms with Gasteiger partial charge in [-0.3, -0.25) is 0 Å². The van der Waals surface area contributed by atoms with Crippen molar-refractivity contribution < 1.29 is 9.90 Å². The summed E-state index contributed by atoms with van der Waals surface area (Å²) in [5, 5.41) is 8.55. The third-order valence-electron chi connectivity index (χ3n) is 1.98. The van der Waals surface area contributed by atoms with Gasteiger partial charge >= 0.3 is 5.97 Å². The van der Waals surface area contributed by atoms with E-state index in [9.17, 15) is 4.79 Å². The Kier molecular flexibility index (Phi) is 4.59. The van der Waals surface area contributed by atoms with Gasteiger partial charge in [0.1, 0.15) is 0 Å². The van der Waals surface area contributed by atoms with Crippen LogP contribution in [0.25, 0.3) is 0 Å². The highest BCUT2D eigenvalue weighted by atomic mass is 16.4. The van der Waals surface area contributed by atoms with Crippen molar-refractivity contribution in [2.45, 2.75) is 26.3 Å². The summed E-state index contributed by atoms with van der Waals surface area (Å²) >= 11 is 0. The van der Waals surface area contributed by atoms with Gasteiger partial charge in [0.05, 0.1) is 0 Å². The van der Waals surface area contributed by atoms with Crippen molar-refractivity contribution in [1.82, 2.24) is 4.90 Å². The molecule has 1 N–H and O–H groups in total. The van der Waals surface area contributed by atoms with Crippen LogP contribution < -0.4 is 0 Å². The van der Waals surface area contributed by atoms with Gasteiger partial charge < -0.3 is 10.0 Å². The predicted molar refractivity (Wildman–Crippen MR) is 49.2 cm³/mol. The first kappa shape index (κ1) is 11.2. The fraction of sp³-hybridized carbons (Fsp3) is 0.667. The van der Waals surface area contributed by atoms with Crippen molar-refractivity contribution in [2.75, 3.05) is 14.1 Å². The first-order valence-electron chi connectivity index (χ1n) is 4.01. The molecule has 0 spiro atoms. The van der Waals surface area contributed by atoms with E-state index < -0.39 is 5.97 Å². The molecule has 0 aromatic heterocycles. The molecule has 0 bridgehead atoms. The van der Waals surface area contributed by atoms with E-state index in [1.807, 2.05) is 14.1 Å². The maximum Gasteiger partial charge on any atom is 0.330 e. The molecule has 0 radical (unpaired) electrons. The lowest BCUT2D eigenvalue weighted by atomic mass is 10.1. The molecule has 0 amide bonds. The van der Waals surface area contributed by atoms with Crippen molar-refractivity contribution in [2.24, 2.45) is 0 Å². The Morgan fingerprint density at radius 2 is 2.08 bits per heavy atom. The second-order valence-corrected chi connectivity index (χ2v) is 3.24. The second-order valence-electron chi connectivity index (χ2n) is 3.24. The van der Waals surface area contributed by atoms with Gasteiger partial charge in [0, 0.05) is 11.6 Å². The monoisotopic (exact) mass is 171 g/mol. The molecule has 3 heteroatoms. The zero-order valence-electron chi connectivity index (χ0n) is 8.16. The number of carbonyl (C=O) groups is 1. The van der Waals surface area contributed by atoms with Crippen LogP contribution in [0.1, 0.15) is 20.3 Å². The number of hydrogen-bond donors (Lipinski definition) is 1. The molecule has 0 aliphatic carbocycles. The average Bonchev–Trinajstić information content (AvgIpc) is 1.98. The van der Waals surface area contributed by atoms with Gasteiger partial charge in [-0.2, -0.15) is 0 Å². The van der Waals surface area contributed by atoms with Gasteiger partial charge in [-0.1, -0.05) is 6.08 Å². The summed E-state index contributed by atoms with van der Waals surface area (Å²) in [5.74, 6) is -0.832. The summed E-state index contributed by atoms with van der Waals surface area (Å²) in [6.07, 6.45) is 2.54. The van der Waals surface area contributed by atoms with Gasteiger partial charge in [-0.15, -0.1) is 0 Å². The number of nitrogens with zero attached hydrogens (tertiary/aromatic N) is 1. The van der Waals surface area contributed by atoms with Crippen molar-refractivity contribution in [3.63, 3.8) is 0 Å². The molecule has 0 aromatic carbocycles. The molecule has 0 saturated heterocycles. The van der Waals surface area contributed by atoms with Crippen molar-refractivity contribution in [3.8, 4) is 0 Å². The van der Waals surface area contributed by atoms with Gasteiger partial charge in [0.2, 0.25) is 0 Å². The average molecular weight is 171 g/mol. The summed E-state index contributed by atoms with van der Waals surface area (Å²) in [5.41, 5.74) is 0.420. The Hall–Kier alpha value is -0.830. The minimum atomic E-state index is -0.832. The van der Waals surface area contributed by atoms with Crippen molar-refractivity contribution in [1.29, 1.82) is 0 Å². The van der Waals surface area contributed by atoms with Crippen LogP contribution >= 0.6 is 0 Å². The summed E-state index contributed by atoms with van der Waals surface area (Å²) in [7, 11) is 3.96. The smallest absolute Gasteiger partial charge is 0.330 e. The molecule has 1 atom stereocenters. The van der Waals surface area contributed by atoms with Crippen molar-refractivity contribution in [3.05, 3.63) is 11.6 Å². The Morgan fingerprint density at radius 1 is 1.58 bits per heavy atom. The van der Waals surface area contributed by atoms with Gasteiger partial charge in [0.15, 0.2) is 0 Å². The third kappa shape index (κ3) is 4.13. The number of hydrogen-bond acceptors (Lipinski definition) is 2. The number of carboxylic acids is 1. The SMILES string of the molecule is C/C(=C\CC(C)N(C)C)C(=O)O. The molecule has 0 aromatic rings. The number of rotatable bonds is 4. The van der Waals surface area contributed by atoms with Gasteiger partial charge in [-0.05, 0) is 34.4 Å². The van der Waals surface area contributed by atoms with Crippen LogP contribution in [0.4, 0.5) is 0 Å². The highest BCUT2D eigenvalue weighted by Crippen LogP contribution is 2.02. The van der Waals surface area contributed by atoms with Crippen molar-refractivity contribution >= 4 is 5.97 Å². The fourth-order valence-electron chi connectivity index (χ4n) is 0.645. The highest BCUT2D eigenvalue weighted by Gasteiger charge is 2.04. The normalized spacial score (nSPS) is 14.9. The molecule has 0 saturated carbocycles. The maximum absolute atomic E-state index is 10.4. The molecule has 0 heterocycles. The van der Waals surface area contributed by atoms with Crippen LogP contribution in [0.5, 0.6) is 0 Å². The Balaban J connectivity index is 3.96. The molecule has 1 unspecified atom stereocenters. The van der Waals surface area contributed by atoms with E-state index in [1.165, 1.54) is 0 Å². The van der Waals surface area contributed by atoms with Crippen LogP contribution in [0, 0.1) is 0 Å². The molecular formula is C9H17NO2. The quantitative estimate of drug-likeness (QED) is 0.649. The van der Waals surface area contributed by atoms with Crippen LogP contribution in [-0.4, -0.2) is 36.1 Å². The third-order valence-corrected chi connectivity index (χ3v) is 1.98. The zero-order valence-corrected chi connectivity index (χ0v) is 8.16. The fourth-order valence-corrected chi connectivity index (χ4v) is 0.645. The lowest BCUT2D eigenvalue weighted by Gasteiger charge is -2.17. The standard InChI is InChI=1S/C9H17NO2/c1-7(9(11)12)5-6-8(2)10(3)4/h5,8H,6H2,1-4H3,(H,11,12)/b7-5+. The van der Waals surface area contributed by atoms with E-state index in [0.717, 1.165) is 6.42 Å². The largest absolute Gasteiger partial charge is 0.478 e. The zero-order chi connectivity index (χ0) is 9.72. The van der Waals surface area contributed by atoms with Crippen LogP contribution in [0.2, 0.25) is 0 Å². The second kappa shape index (κ2) is 4.93. The first-order chi connectivity index (χ1) is 5.45. The summed E-state index contributed by atoms with van der Waals surface area (Å²) in [6, 6.07) is 0.388. The minimum absolute atomic E-state index is 0.388.